The molecular weight excluding hydrogens is 314 g/mol. The van der Waals surface area contributed by atoms with Crippen LogP contribution in [0.2, 0.25) is 0 Å². The number of carbonyl (C=O) groups is 1. The van der Waals surface area contributed by atoms with E-state index in [-0.39, 0.29) is 11.8 Å². The molecule has 0 fully saturated rings. The number of benzene rings is 2. The molecule has 1 aliphatic carbocycles. The van der Waals surface area contributed by atoms with Crippen molar-refractivity contribution in [3.05, 3.63) is 76.3 Å². The molecule has 0 bridgehead atoms. The molecule has 1 atom stereocenters. The van der Waals surface area contributed by atoms with E-state index < -0.39 is 0 Å². The van der Waals surface area contributed by atoms with Crippen LogP contribution in [0.4, 0.5) is 5.69 Å². The quantitative estimate of drug-likeness (QED) is 0.834. The largest absolute Gasteiger partial charge is 0.371 e. The average Bonchev–Trinajstić information content (AvgIpc) is 2.46. The Bertz CT molecular complexity index is 676. The molecule has 0 aromatic heterocycles. The summed E-state index contributed by atoms with van der Waals surface area (Å²) in [5.74, 6) is 0.0756. The zero-order valence-electron chi connectivity index (χ0n) is 10.9. The van der Waals surface area contributed by atoms with Gasteiger partial charge in [-0.25, -0.2) is 0 Å². The van der Waals surface area contributed by atoms with Gasteiger partial charge < -0.3 is 5.32 Å². The highest BCUT2D eigenvalue weighted by Gasteiger charge is 2.29. The Morgan fingerprint density at radius 1 is 1.10 bits per heavy atom. The number of halogens is 1. The lowest BCUT2D eigenvalue weighted by atomic mass is 9.84. The molecule has 1 N–H and O–H groups in total. The molecule has 0 saturated heterocycles. The molecule has 1 unspecified atom stereocenters. The van der Waals surface area contributed by atoms with Crippen molar-refractivity contribution < 1.29 is 4.79 Å². The van der Waals surface area contributed by atoms with Crippen LogP contribution < -0.4 is 5.32 Å². The Balaban J connectivity index is 1.97. The Hall–Kier alpha value is -1.87. The van der Waals surface area contributed by atoms with E-state index >= 15 is 0 Å². The third-order valence-electron chi connectivity index (χ3n) is 3.54. The van der Waals surface area contributed by atoms with Gasteiger partial charge in [0.1, 0.15) is 6.04 Å². The first-order chi connectivity index (χ1) is 9.65. The van der Waals surface area contributed by atoms with Crippen molar-refractivity contribution in [1.29, 1.82) is 0 Å². The van der Waals surface area contributed by atoms with Gasteiger partial charge in [0.2, 0.25) is 0 Å². The highest BCUT2D eigenvalue weighted by atomic mass is 79.9. The second-order valence-electron chi connectivity index (χ2n) is 4.93. The van der Waals surface area contributed by atoms with E-state index in [9.17, 15) is 4.79 Å². The first kappa shape index (κ1) is 13.1. The third kappa shape index (κ3) is 2.41. The average molecular weight is 328 g/mol. The number of fused-ring (bicyclic) bond motifs is 1. The molecule has 2 nitrogen and oxygen atoms in total. The fourth-order valence-electron chi connectivity index (χ4n) is 2.50. The molecule has 2 aromatic carbocycles. The monoisotopic (exact) mass is 327 g/mol. The molecule has 100 valence electrons. The number of rotatable bonds is 2. The molecule has 0 saturated carbocycles. The minimum absolute atomic E-state index is 0.0756. The van der Waals surface area contributed by atoms with Crippen LogP contribution >= 0.6 is 15.9 Å². The first-order valence-electron chi connectivity index (χ1n) is 6.47. The van der Waals surface area contributed by atoms with E-state index in [1.54, 1.807) is 0 Å². The normalized spacial score (nSPS) is 17.8. The van der Waals surface area contributed by atoms with E-state index in [1.807, 2.05) is 42.5 Å². The predicted octanol–water partition coefficient (Wildman–Crippen LogP) is 4.28. The molecular formula is C17H14BrNO. The van der Waals surface area contributed by atoms with Crippen LogP contribution in [-0.4, -0.2) is 5.78 Å². The highest BCUT2D eigenvalue weighted by Crippen LogP contribution is 2.32. The summed E-state index contributed by atoms with van der Waals surface area (Å²) in [6.07, 6.45) is 0.646. The summed E-state index contributed by atoms with van der Waals surface area (Å²) in [7, 11) is 0. The van der Waals surface area contributed by atoms with Crippen molar-refractivity contribution in [2.75, 3.05) is 5.32 Å². The van der Waals surface area contributed by atoms with Gasteiger partial charge in [-0.1, -0.05) is 46.8 Å². The lowest BCUT2D eigenvalue weighted by Gasteiger charge is -2.27. The second-order valence-corrected chi connectivity index (χ2v) is 5.84. The van der Waals surface area contributed by atoms with Crippen LogP contribution in [0, 0.1) is 0 Å². The summed E-state index contributed by atoms with van der Waals surface area (Å²) in [5.41, 5.74) is 3.81. The number of hydrogen-bond donors (Lipinski definition) is 1. The molecule has 0 amide bonds. The lowest BCUT2D eigenvalue weighted by Crippen LogP contribution is -2.28. The van der Waals surface area contributed by atoms with Crippen molar-refractivity contribution in [2.24, 2.45) is 0 Å². The molecule has 3 rings (SSSR count). The SMILES string of the molecule is C=C1Cc2ccccc2C(Nc2ccc(Br)cc2)C1=O. The highest BCUT2D eigenvalue weighted by molar-refractivity contribution is 9.10. The van der Waals surface area contributed by atoms with Crippen LogP contribution in [0.25, 0.3) is 0 Å². The van der Waals surface area contributed by atoms with Crippen molar-refractivity contribution in [1.82, 2.24) is 0 Å². The van der Waals surface area contributed by atoms with Gasteiger partial charge in [-0.05, 0) is 41.0 Å². The maximum Gasteiger partial charge on any atom is 0.185 e. The van der Waals surface area contributed by atoms with Gasteiger partial charge >= 0.3 is 0 Å². The maximum absolute atomic E-state index is 12.4. The van der Waals surface area contributed by atoms with Crippen molar-refractivity contribution in [2.45, 2.75) is 12.5 Å². The zero-order valence-corrected chi connectivity index (χ0v) is 12.5. The van der Waals surface area contributed by atoms with Gasteiger partial charge in [0.15, 0.2) is 5.78 Å². The van der Waals surface area contributed by atoms with Crippen molar-refractivity contribution in [3.8, 4) is 0 Å². The Morgan fingerprint density at radius 2 is 1.80 bits per heavy atom. The summed E-state index contributed by atoms with van der Waals surface area (Å²) < 4.78 is 1.02. The molecule has 0 spiro atoms. The van der Waals surface area contributed by atoms with E-state index in [2.05, 4.69) is 33.9 Å². The van der Waals surface area contributed by atoms with Crippen LogP contribution in [0.5, 0.6) is 0 Å². The van der Waals surface area contributed by atoms with E-state index in [1.165, 1.54) is 5.56 Å². The fourth-order valence-corrected chi connectivity index (χ4v) is 2.76. The molecule has 2 aromatic rings. The molecule has 0 aliphatic heterocycles. The summed E-state index contributed by atoms with van der Waals surface area (Å²) in [4.78, 5) is 12.4. The molecule has 0 heterocycles. The number of anilines is 1. The van der Waals surface area contributed by atoms with E-state index in [0.717, 1.165) is 15.7 Å². The van der Waals surface area contributed by atoms with Gasteiger partial charge in [-0.3, -0.25) is 4.79 Å². The number of nitrogens with one attached hydrogen (secondary N) is 1. The summed E-state index contributed by atoms with van der Waals surface area (Å²) >= 11 is 3.41. The molecule has 1 aliphatic rings. The zero-order chi connectivity index (χ0) is 14.1. The van der Waals surface area contributed by atoms with Gasteiger partial charge in [0, 0.05) is 16.6 Å². The number of ketones is 1. The van der Waals surface area contributed by atoms with E-state index in [0.29, 0.717) is 12.0 Å². The smallest absolute Gasteiger partial charge is 0.185 e. The number of Topliss-reactive ketones (excluding diaryl/α,β-unsaturated/α-hetero) is 1. The maximum atomic E-state index is 12.4. The van der Waals surface area contributed by atoms with Crippen LogP contribution in [-0.2, 0) is 11.2 Å². The Kier molecular flexibility index (Phi) is 3.45. The minimum Gasteiger partial charge on any atom is -0.371 e. The lowest BCUT2D eigenvalue weighted by molar-refractivity contribution is -0.116. The Morgan fingerprint density at radius 3 is 2.55 bits per heavy atom. The fraction of sp³-hybridized carbons (Fsp3) is 0.118. The number of hydrogen-bond acceptors (Lipinski definition) is 2. The summed E-state index contributed by atoms with van der Waals surface area (Å²) in [5, 5.41) is 3.31. The van der Waals surface area contributed by atoms with E-state index in [4.69, 9.17) is 0 Å². The van der Waals surface area contributed by atoms with Gasteiger partial charge in [0.25, 0.3) is 0 Å². The molecule has 3 heteroatoms. The van der Waals surface area contributed by atoms with Crippen LogP contribution in [0.15, 0.2) is 65.2 Å². The van der Waals surface area contributed by atoms with Crippen molar-refractivity contribution >= 4 is 27.4 Å². The molecule has 20 heavy (non-hydrogen) atoms. The summed E-state index contributed by atoms with van der Waals surface area (Å²) in [6, 6.07) is 15.5. The van der Waals surface area contributed by atoms with Gasteiger partial charge in [-0.15, -0.1) is 0 Å². The van der Waals surface area contributed by atoms with Crippen molar-refractivity contribution in [3.63, 3.8) is 0 Å². The first-order valence-corrected chi connectivity index (χ1v) is 7.26. The minimum atomic E-state index is -0.339. The molecule has 0 radical (unpaired) electrons. The van der Waals surface area contributed by atoms with Crippen LogP contribution in [0.3, 0.4) is 0 Å². The third-order valence-corrected chi connectivity index (χ3v) is 4.06. The van der Waals surface area contributed by atoms with Gasteiger partial charge in [0.05, 0.1) is 0 Å². The van der Waals surface area contributed by atoms with Crippen LogP contribution in [0.1, 0.15) is 17.2 Å². The standard InChI is InChI=1S/C17H14BrNO/c1-11-10-12-4-2-3-5-15(12)16(17(11)20)19-14-8-6-13(18)7-9-14/h2-9,16,19H,1,10H2. The summed E-state index contributed by atoms with van der Waals surface area (Å²) in [6.45, 7) is 3.90. The topological polar surface area (TPSA) is 29.1 Å². The predicted molar refractivity (Wildman–Crippen MR) is 84.8 cm³/mol. The number of carbonyl (C=O) groups excluding carboxylic acids is 1. The second kappa shape index (κ2) is 5.25. The van der Waals surface area contributed by atoms with Gasteiger partial charge in [-0.2, -0.15) is 0 Å². The Labute approximate surface area is 126 Å².